The third-order valence-corrected chi connectivity index (χ3v) is 4.90. The summed E-state index contributed by atoms with van der Waals surface area (Å²) in [5, 5.41) is 0. The molecule has 0 saturated carbocycles. The van der Waals surface area contributed by atoms with Crippen molar-refractivity contribution in [3.05, 3.63) is 48.3 Å². The second-order valence-corrected chi connectivity index (χ2v) is 7.45. The van der Waals surface area contributed by atoms with E-state index in [0.717, 1.165) is 18.4 Å². The van der Waals surface area contributed by atoms with E-state index in [4.69, 9.17) is 0 Å². The van der Waals surface area contributed by atoms with Gasteiger partial charge in [-0.15, -0.1) is 0 Å². The Labute approximate surface area is 160 Å². The van der Waals surface area contributed by atoms with E-state index in [1.807, 2.05) is 42.8 Å². The molecule has 1 aliphatic rings. The van der Waals surface area contributed by atoms with E-state index in [2.05, 4.69) is 9.97 Å². The number of aromatic nitrogens is 3. The average Bonchev–Trinajstić information content (AvgIpc) is 3.12. The van der Waals surface area contributed by atoms with Crippen molar-refractivity contribution in [2.24, 2.45) is 13.0 Å². The summed E-state index contributed by atoms with van der Waals surface area (Å²) in [6.07, 6.45) is 8.65. The summed E-state index contributed by atoms with van der Waals surface area (Å²) >= 11 is 0. The Morgan fingerprint density at radius 3 is 2.81 bits per heavy atom. The fraction of sp³-hybridized carbons (Fsp3) is 0.500. The van der Waals surface area contributed by atoms with Crippen LogP contribution in [-0.2, 0) is 18.4 Å². The minimum atomic E-state index is -0.0939. The molecule has 2 aromatic heterocycles. The van der Waals surface area contributed by atoms with Crippen molar-refractivity contribution < 1.29 is 9.59 Å². The SMILES string of the molecule is CC(C)C(=O)N(Cc1cccnc1)C1CCCN(C(=O)c2cn(C)cn2)C1. The van der Waals surface area contributed by atoms with Gasteiger partial charge in [-0.2, -0.15) is 0 Å². The third-order valence-electron chi connectivity index (χ3n) is 4.90. The molecule has 0 radical (unpaired) electrons. The zero-order valence-electron chi connectivity index (χ0n) is 16.2. The largest absolute Gasteiger partial charge is 0.340 e. The van der Waals surface area contributed by atoms with Crippen LogP contribution < -0.4 is 0 Å². The molecular weight excluding hydrogens is 342 g/mol. The van der Waals surface area contributed by atoms with E-state index >= 15 is 0 Å². The number of nitrogens with zero attached hydrogens (tertiary/aromatic N) is 5. The first-order valence-corrected chi connectivity index (χ1v) is 9.42. The number of carbonyl (C=O) groups is 2. The fourth-order valence-electron chi connectivity index (χ4n) is 3.49. The summed E-state index contributed by atoms with van der Waals surface area (Å²) in [7, 11) is 1.85. The van der Waals surface area contributed by atoms with E-state index < -0.39 is 0 Å². The van der Waals surface area contributed by atoms with E-state index in [1.54, 1.807) is 29.5 Å². The molecule has 144 valence electrons. The van der Waals surface area contributed by atoms with Gasteiger partial charge in [0.25, 0.3) is 5.91 Å². The van der Waals surface area contributed by atoms with Crippen LogP contribution in [0.4, 0.5) is 0 Å². The summed E-state index contributed by atoms with van der Waals surface area (Å²) in [5.74, 6) is -0.0573. The predicted molar refractivity (Wildman–Crippen MR) is 102 cm³/mol. The van der Waals surface area contributed by atoms with Crippen LogP contribution in [0.2, 0.25) is 0 Å². The summed E-state index contributed by atoms with van der Waals surface area (Å²) in [5.41, 5.74) is 1.45. The lowest BCUT2D eigenvalue weighted by Gasteiger charge is -2.40. The van der Waals surface area contributed by atoms with Crippen LogP contribution in [0.3, 0.4) is 0 Å². The third kappa shape index (κ3) is 4.53. The number of amides is 2. The van der Waals surface area contributed by atoms with Crippen molar-refractivity contribution in [3.63, 3.8) is 0 Å². The number of pyridine rings is 1. The first-order chi connectivity index (χ1) is 13.0. The van der Waals surface area contributed by atoms with E-state index in [9.17, 15) is 9.59 Å². The number of hydrogen-bond acceptors (Lipinski definition) is 4. The number of hydrogen-bond donors (Lipinski definition) is 0. The molecule has 0 aliphatic carbocycles. The van der Waals surface area contributed by atoms with Gasteiger partial charge >= 0.3 is 0 Å². The molecule has 2 aromatic rings. The Bertz CT molecular complexity index is 787. The molecule has 0 N–H and O–H groups in total. The minimum absolute atomic E-state index is 0.00141. The summed E-state index contributed by atoms with van der Waals surface area (Å²) in [6.45, 7) is 5.58. The second-order valence-electron chi connectivity index (χ2n) is 7.45. The average molecular weight is 369 g/mol. The van der Waals surface area contributed by atoms with Gasteiger partial charge < -0.3 is 14.4 Å². The van der Waals surface area contributed by atoms with Crippen LogP contribution in [0.25, 0.3) is 0 Å². The van der Waals surface area contributed by atoms with Crippen LogP contribution in [0.15, 0.2) is 37.1 Å². The van der Waals surface area contributed by atoms with Gasteiger partial charge in [0.2, 0.25) is 5.91 Å². The fourth-order valence-corrected chi connectivity index (χ4v) is 3.49. The molecule has 2 amide bonds. The van der Waals surface area contributed by atoms with Gasteiger partial charge in [0.15, 0.2) is 0 Å². The zero-order valence-corrected chi connectivity index (χ0v) is 16.2. The first kappa shape index (κ1) is 19.1. The van der Waals surface area contributed by atoms with Gasteiger partial charge in [0.1, 0.15) is 5.69 Å². The first-order valence-electron chi connectivity index (χ1n) is 9.42. The minimum Gasteiger partial charge on any atom is -0.340 e. The lowest BCUT2D eigenvalue weighted by molar-refractivity contribution is -0.138. The molecule has 7 heteroatoms. The van der Waals surface area contributed by atoms with Crippen LogP contribution in [0.5, 0.6) is 0 Å². The Morgan fingerprint density at radius 1 is 1.37 bits per heavy atom. The van der Waals surface area contributed by atoms with Crippen molar-refractivity contribution in [2.75, 3.05) is 13.1 Å². The molecule has 1 unspecified atom stereocenters. The quantitative estimate of drug-likeness (QED) is 0.809. The van der Waals surface area contributed by atoms with E-state index in [0.29, 0.717) is 25.3 Å². The van der Waals surface area contributed by atoms with Crippen molar-refractivity contribution in [1.82, 2.24) is 24.3 Å². The molecule has 0 spiro atoms. The second kappa shape index (κ2) is 8.33. The van der Waals surface area contributed by atoms with Crippen molar-refractivity contribution in [3.8, 4) is 0 Å². The summed E-state index contributed by atoms with van der Waals surface area (Å²) in [6, 6.07) is 3.86. The van der Waals surface area contributed by atoms with E-state index in [1.165, 1.54) is 0 Å². The van der Waals surface area contributed by atoms with Gasteiger partial charge in [-0.05, 0) is 24.5 Å². The maximum Gasteiger partial charge on any atom is 0.274 e. The molecule has 3 rings (SSSR count). The molecule has 1 aliphatic heterocycles. The highest BCUT2D eigenvalue weighted by Crippen LogP contribution is 2.21. The number of rotatable bonds is 5. The van der Waals surface area contributed by atoms with Crippen molar-refractivity contribution in [1.29, 1.82) is 0 Å². The smallest absolute Gasteiger partial charge is 0.274 e. The monoisotopic (exact) mass is 369 g/mol. The number of carbonyl (C=O) groups excluding carboxylic acids is 2. The number of aryl methyl sites for hydroxylation is 1. The number of piperidine rings is 1. The predicted octanol–water partition coefficient (Wildman–Crippen LogP) is 2.10. The van der Waals surface area contributed by atoms with Crippen LogP contribution in [0.1, 0.15) is 42.7 Å². The maximum atomic E-state index is 12.9. The van der Waals surface area contributed by atoms with Gasteiger partial charge in [-0.3, -0.25) is 14.6 Å². The topological polar surface area (TPSA) is 71.3 Å². The molecular formula is C20H27N5O2. The van der Waals surface area contributed by atoms with Crippen LogP contribution in [0, 0.1) is 5.92 Å². The highest BCUT2D eigenvalue weighted by Gasteiger charge is 2.32. The van der Waals surface area contributed by atoms with Crippen molar-refractivity contribution in [2.45, 2.75) is 39.3 Å². The van der Waals surface area contributed by atoms with E-state index in [-0.39, 0.29) is 23.8 Å². The number of imidazole rings is 1. The molecule has 1 saturated heterocycles. The highest BCUT2D eigenvalue weighted by molar-refractivity contribution is 5.92. The van der Waals surface area contributed by atoms with Gasteiger partial charge in [0.05, 0.1) is 6.33 Å². The molecule has 1 atom stereocenters. The Morgan fingerprint density at radius 2 is 2.19 bits per heavy atom. The van der Waals surface area contributed by atoms with Gasteiger partial charge in [-0.1, -0.05) is 19.9 Å². The molecule has 3 heterocycles. The van der Waals surface area contributed by atoms with Crippen LogP contribution in [-0.4, -0.2) is 55.3 Å². The maximum absolute atomic E-state index is 12.9. The lowest BCUT2D eigenvalue weighted by atomic mass is 10.0. The highest BCUT2D eigenvalue weighted by atomic mass is 16.2. The molecule has 27 heavy (non-hydrogen) atoms. The molecule has 0 aromatic carbocycles. The lowest BCUT2D eigenvalue weighted by Crippen LogP contribution is -2.52. The Balaban J connectivity index is 1.77. The summed E-state index contributed by atoms with van der Waals surface area (Å²) < 4.78 is 1.77. The van der Waals surface area contributed by atoms with Gasteiger partial charge in [-0.25, -0.2) is 4.98 Å². The van der Waals surface area contributed by atoms with Crippen LogP contribution >= 0.6 is 0 Å². The summed E-state index contributed by atoms with van der Waals surface area (Å²) in [4.78, 5) is 37.7. The Kier molecular flexibility index (Phi) is 5.88. The molecule has 1 fully saturated rings. The zero-order chi connectivity index (χ0) is 19.4. The number of likely N-dealkylation sites (tertiary alicyclic amines) is 1. The standard InChI is InChI=1S/C20H27N5O2/c1-15(2)19(26)25(11-16-6-4-8-21-10-16)17-7-5-9-24(12-17)20(27)18-13-23(3)14-22-18/h4,6,8,10,13-15,17H,5,7,9,11-12H2,1-3H3. The van der Waals surface area contributed by atoms with Crippen molar-refractivity contribution >= 4 is 11.8 Å². The normalized spacial score (nSPS) is 17.2. The van der Waals surface area contributed by atoms with Gasteiger partial charge in [0, 0.05) is 57.2 Å². The molecule has 7 nitrogen and oxygen atoms in total. The molecule has 0 bridgehead atoms. The Hall–Kier alpha value is -2.70.